The highest BCUT2D eigenvalue weighted by atomic mass is 127. The molecule has 160 valence electrons. The number of halogens is 2. The third-order valence-corrected chi connectivity index (χ3v) is 5.29. The van der Waals surface area contributed by atoms with Crippen LogP contribution in [0.4, 0.5) is 0 Å². The average Bonchev–Trinajstić information content (AvgIpc) is 2.65. The van der Waals surface area contributed by atoms with Gasteiger partial charge < -0.3 is 15.4 Å². The maximum absolute atomic E-state index is 11.3. The fraction of sp³-hybridized carbons (Fsp3) is 0.350. The van der Waals surface area contributed by atoms with Crippen LogP contribution in [0.5, 0.6) is 5.75 Å². The molecule has 2 aromatic carbocycles. The lowest BCUT2D eigenvalue weighted by molar-refractivity contribution is 0.414. The number of nitrogens with one attached hydrogen (secondary N) is 2. The van der Waals surface area contributed by atoms with Crippen molar-refractivity contribution in [3.8, 4) is 5.75 Å². The van der Waals surface area contributed by atoms with Gasteiger partial charge in [-0.1, -0.05) is 41.9 Å². The van der Waals surface area contributed by atoms with Crippen LogP contribution in [0.1, 0.15) is 16.7 Å². The highest BCUT2D eigenvalue weighted by Gasteiger charge is 2.06. The first-order valence-electron chi connectivity index (χ1n) is 8.83. The Balaban J connectivity index is 0.00000420. The van der Waals surface area contributed by atoms with E-state index in [1.165, 1.54) is 6.26 Å². The Kier molecular flexibility index (Phi) is 10.8. The topological polar surface area (TPSA) is 79.8 Å². The number of ether oxygens (including phenoxy) is 1. The Morgan fingerprint density at radius 3 is 2.31 bits per heavy atom. The van der Waals surface area contributed by atoms with Crippen LogP contribution in [0.15, 0.2) is 47.5 Å². The first kappa shape index (κ1) is 25.5. The van der Waals surface area contributed by atoms with E-state index < -0.39 is 9.84 Å². The average molecular weight is 552 g/mol. The summed E-state index contributed by atoms with van der Waals surface area (Å²) in [5.74, 6) is 1.48. The normalized spacial score (nSPS) is 11.5. The van der Waals surface area contributed by atoms with Crippen LogP contribution in [0, 0.1) is 0 Å². The van der Waals surface area contributed by atoms with E-state index in [2.05, 4.69) is 15.6 Å². The third kappa shape index (κ3) is 9.22. The summed E-state index contributed by atoms with van der Waals surface area (Å²) < 4.78 is 27.8. The number of hydrogen-bond donors (Lipinski definition) is 2. The zero-order valence-electron chi connectivity index (χ0n) is 16.7. The molecule has 0 aliphatic heterocycles. The summed E-state index contributed by atoms with van der Waals surface area (Å²) in [6.07, 6.45) is 1.99. The molecule has 29 heavy (non-hydrogen) atoms. The van der Waals surface area contributed by atoms with Gasteiger partial charge >= 0.3 is 0 Å². The second-order valence-electron chi connectivity index (χ2n) is 6.45. The van der Waals surface area contributed by atoms with Crippen molar-refractivity contribution in [3.05, 3.63) is 64.2 Å². The SMILES string of the molecule is CN=C(NCCc1ccc(OC)cc1Cl)NCc1ccc(CS(C)(=O)=O)cc1.I. The fourth-order valence-electron chi connectivity index (χ4n) is 2.64. The Bertz CT molecular complexity index is 919. The lowest BCUT2D eigenvalue weighted by Crippen LogP contribution is -2.37. The fourth-order valence-corrected chi connectivity index (χ4v) is 3.70. The summed E-state index contributed by atoms with van der Waals surface area (Å²) in [5.41, 5.74) is 2.86. The van der Waals surface area contributed by atoms with Gasteiger partial charge in [0.1, 0.15) is 5.75 Å². The Labute approximate surface area is 195 Å². The van der Waals surface area contributed by atoms with Crippen LogP contribution in [0.2, 0.25) is 5.02 Å². The molecule has 0 aromatic heterocycles. The molecule has 0 unspecified atom stereocenters. The van der Waals surface area contributed by atoms with Crippen molar-refractivity contribution < 1.29 is 13.2 Å². The minimum atomic E-state index is -3.02. The summed E-state index contributed by atoms with van der Waals surface area (Å²) in [4.78, 5) is 4.21. The molecular formula is C20H27ClIN3O3S. The highest BCUT2D eigenvalue weighted by Crippen LogP contribution is 2.22. The molecular weight excluding hydrogens is 525 g/mol. The molecule has 0 fully saturated rings. The van der Waals surface area contributed by atoms with Crippen LogP contribution < -0.4 is 15.4 Å². The van der Waals surface area contributed by atoms with Gasteiger partial charge in [0.25, 0.3) is 0 Å². The lowest BCUT2D eigenvalue weighted by atomic mass is 10.1. The van der Waals surface area contributed by atoms with Crippen LogP contribution in [0.3, 0.4) is 0 Å². The van der Waals surface area contributed by atoms with Crippen molar-refractivity contribution in [2.75, 3.05) is 27.0 Å². The van der Waals surface area contributed by atoms with E-state index in [1.54, 1.807) is 20.2 Å². The third-order valence-electron chi connectivity index (χ3n) is 4.08. The number of nitrogens with zero attached hydrogens (tertiary/aromatic N) is 1. The molecule has 0 aliphatic rings. The van der Waals surface area contributed by atoms with Crippen molar-refractivity contribution in [2.45, 2.75) is 18.7 Å². The van der Waals surface area contributed by atoms with Crippen molar-refractivity contribution in [3.63, 3.8) is 0 Å². The molecule has 2 N–H and O–H groups in total. The van der Waals surface area contributed by atoms with Gasteiger partial charge in [-0.05, 0) is 35.2 Å². The molecule has 0 spiro atoms. The van der Waals surface area contributed by atoms with Crippen molar-refractivity contribution in [2.24, 2.45) is 4.99 Å². The van der Waals surface area contributed by atoms with Crippen molar-refractivity contribution in [1.29, 1.82) is 0 Å². The van der Waals surface area contributed by atoms with E-state index in [0.717, 1.165) is 28.9 Å². The van der Waals surface area contributed by atoms with Gasteiger partial charge in [0.05, 0.1) is 12.9 Å². The Morgan fingerprint density at radius 2 is 1.76 bits per heavy atom. The maximum Gasteiger partial charge on any atom is 0.191 e. The highest BCUT2D eigenvalue weighted by molar-refractivity contribution is 14.0. The summed E-state index contributed by atoms with van der Waals surface area (Å²) in [6, 6.07) is 13.1. The van der Waals surface area contributed by atoms with E-state index in [4.69, 9.17) is 16.3 Å². The molecule has 0 aliphatic carbocycles. The van der Waals surface area contributed by atoms with Crippen molar-refractivity contribution >= 4 is 51.4 Å². The number of rotatable bonds is 8. The minimum absolute atomic E-state index is 0. The Morgan fingerprint density at radius 1 is 1.10 bits per heavy atom. The quantitative estimate of drug-likeness (QED) is 0.299. The van der Waals surface area contributed by atoms with E-state index >= 15 is 0 Å². The molecule has 0 atom stereocenters. The molecule has 2 rings (SSSR count). The van der Waals surface area contributed by atoms with Crippen molar-refractivity contribution in [1.82, 2.24) is 10.6 Å². The molecule has 0 saturated carbocycles. The molecule has 2 aromatic rings. The van der Waals surface area contributed by atoms with E-state index in [1.807, 2.05) is 36.4 Å². The summed E-state index contributed by atoms with van der Waals surface area (Å²) >= 11 is 6.26. The van der Waals surface area contributed by atoms with Gasteiger partial charge in [0.15, 0.2) is 15.8 Å². The van der Waals surface area contributed by atoms with E-state index in [9.17, 15) is 8.42 Å². The van der Waals surface area contributed by atoms with Gasteiger partial charge in [-0.2, -0.15) is 0 Å². The van der Waals surface area contributed by atoms with Gasteiger partial charge in [-0.15, -0.1) is 24.0 Å². The lowest BCUT2D eigenvalue weighted by Gasteiger charge is -2.13. The number of sulfone groups is 1. The molecule has 0 heterocycles. The smallest absolute Gasteiger partial charge is 0.191 e. The van der Waals surface area contributed by atoms with Crippen LogP contribution in [0.25, 0.3) is 0 Å². The standard InChI is InChI=1S/C20H26ClN3O3S.HI/c1-22-20(23-11-10-17-8-9-18(27-2)12-19(17)21)24-13-15-4-6-16(7-5-15)14-28(3,25)26;/h4-9,12H,10-11,13-14H2,1-3H3,(H2,22,23,24);1H. The Hall–Kier alpha value is -1.52. The predicted octanol–water partition coefficient (Wildman–Crippen LogP) is 3.42. The summed E-state index contributed by atoms with van der Waals surface area (Å²) in [6.45, 7) is 1.27. The second-order valence-corrected chi connectivity index (χ2v) is 8.99. The zero-order chi connectivity index (χ0) is 20.6. The molecule has 0 amide bonds. The predicted molar refractivity (Wildman–Crippen MR) is 130 cm³/mol. The number of benzene rings is 2. The largest absolute Gasteiger partial charge is 0.497 e. The first-order valence-corrected chi connectivity index (χ1v) is 11.3. The van der Waals surface area contributed by atoms with Gasteiger partial charge in [0, 0.05) is 31.4 Å². The van der Waals surface area contributed by atoms with Crippen LogP contribution in [-0.4, -0.2) is 41.3 Å². The van der Waals surface area contributed by atoms with Gasteiger partial charge in [-0.3, -0.25) is 4.99 Å². The minimum Gasteiger partial charge on any atom is -0.497 e. The first-order chi connectivity index (χ1) is 13.3. The van der Waals surface area contributed by atoms with Gasteiger partial charge in [0.2, 0.25) is 0 Å². The van der Waals surface area contributed by atoms with Crippen LogP contribution >= 0.6 is 35.6 Å². The van der Waals surface area contributed by atoms with Gasteiger partial charge in [-0.25, -0.2) is 8.42 Å². The number of hydrogen-bond acceptors (Lipinski definition) is 4. The second kappa shape index (κ2) is 12.2. The van der Waals surface area contributed by atoms with Crippen LogP contribution in [-0.2, 0) is 28.6 Å². The molecule has 0 radical (unpaired) electrons. The van der Waals surface area contributed by atoms with E-state index in [0.29, 0.717) is 24.1 Å². The summed E-state index contributed by atoms with van der Waals surface area (Å²) in [5, 5.41) is 7.18. The van der Waals surface area contributed by atoms with E-state index in [-0.39, 0.29) is 29.7 Å². The summed E-state index contributed by atoms with van der Waals surface area (Å²) in [7, 11) is 0.305. The number of guanidine groups is 1. The molecule has 6 nitrogen and oxygen atoms in total. The zero-order valence-corrected chi connectivity index (χ0v) is 20.6. The maximum atomic E-state index is 11.3. The molecule has 0 bridgehead atoms. The number of methoxy groups -OCH3 is 1. The monoisotopic (exact) mass is 551 g/mol. The molecule has 9 heteroatoms. The molecule has 0 saturated heterocycles. The number of aliphatic imine (C=N–C) groups is 1.